The van der Waals surface area contributed by atoms with Gasteiger partial charge in [-0.25, -0.2) is 0 Å². The van der Waals surface area contributed by atoms with Crippen molar-refractivity contribution >= 4 is 68.2 Å². The summed E-state index contributed by atoms with van der Waals surface area (Å²) >= 11 is 0. The van der Waals surface area contributed by atoms with Gasteiger partial charge in [-0.3, -0.25) is 0 Å². The van der Waals surface area contributed by atoms with Gasteiger partial charge in [0.25, 0.3) is 6.71 Å². The van der Waals surface area contributed by atoms with E-state index in [-0.39, 0.29) is 23.0 Å². The van der Waals surface area contributed by atoms with Crippen LogP contribution in [0, 0.1) is 6.92 Å². The standard InChI is InChI=1S/C57H55BN2O/c1-36-30-51-54-52(31-36)60(48-25-20-42(56(5,6)7)34-45(48)37-14-12-11-13-15-37)50-24-16-39(38-17-27-53-40(32-38)28-29-61-53)33-46(50)58(54)47-35-43(57(8,9)10)21-26-49(47)59(51)44-22-18-41(19-23-44)55(2,3)4/h11-35H,1-10H3. The van der Waals surface area contributed by atoms with Gasteiger partial charge in [-0.05, 0) is 145 Å². The summed E-state index contributed by atoms with van der Waals surface area (Å²) in [6.07, 6.45) is 1.78. The van der Waals surface area contributed by atoms with Crippen molar-refractivity contribution in [2.75, 3.05) is 9.80 Å². The monoisotopic (exact) mass is 794 g/mol. The molecule has 0 bridgehead atoms. The molecule has 0 saturated heterocycles. The van der Waals surface area contributed by atoms with Crippen LogP contribution in [0.2, 0.25) is 0 Å². The van der Waals surface area contributed by atoms with Gasteiger partial charge >= 0.3 is 0 Å². The normalized spacial score (nSPS) is 13.6. The molecule has 61 heavy (non-hydrogen) atoms. The third-order valence-corrected chi connectivity index (χ3v) is 13.0. The minimum absolute atomic E-state index is 0.00845. The van der Waals surface area contributed by atoms with Crippen LogP contribution in [0.5, 0.6) is 0 Å². The fourth-order valence-electron chi connectivity index (χ4n) is 9.63. The first-order valence-electron chi connectivity index (χ1n) is 21.9. The molecule has 2 aliphatic rings. The lowest BCUT2D eigenvalue weighted by atomic mass is 9.33. The van der Waals surface area contributed by atoms with E-state index < -0.39 is 0 Å². The van der Waals surface area contributed by atoms with Crippen LogP contribution in [-0.4, -0.2) is 6.71 Å². The van der Waals surface area contributed by atoms with Crippen molar-refractivity contribution in [3.05, 3.63) is 174 Å². The third kappa shape index (κ3) is 6.59. The molecule has 4 heteroatoms. The number of benzene rings is 7. The molecule has 0 aliphatic carbocycles. The highest BCUT2D eigenvalue weighted by Crippen LogP contribution is 2.48. The summed E-state index contributed by atoms with van der Waals surface area (Å²) in [4.78, 5) is 5.12. The number of rotatable bonds is 4. The second-order valence-electron chi connectivity index (χ2n) is 20.4. The Balaban J connectivity index is 1.30. The van der Waals surface area contributed by atoms with Crippen molar-refractivity contribution in [3.8, 4) is 22.3 Å². The van der Waals surface area contributed by atoms with E-state index in [4.69, 9.17) is 4.42 Å². The Hall–Kier alpha value is -6.26. The predicted molar refractivity (Wildman–Crippen MR) is 262 cm³/mol. The maximum Gasteiger partial charge on any atom is 0.252 e. The maximum absolute atomic E-state index is 5.78. The van der Waals surface area contributed by atoms with Crippen LogP contribution in [0.4, 0.5) is 34.1 Å². The average Bonchev–Trinajstić information content (AvgIpc) is 3.71. The van der Waals surface area contributed by atoms with E-state index in [1.807, 2.05) is 0 Å². The van der Waals surface area contributed by atoms with E-state index in [0.29, 0.717) is 0 Å². The van der Waals surface area contributed by atoms with Gasteiger partial charge in [0, 0.05) is 39.4 Å². The zero-order valence-corrected chi connectivity index (χ0v) is 37.3. The molecule has 10 rings (SSSR count). The van der Waals surface area contributed by atoms with Crippen LogP contribution < -0.4 is 26.2 Å². The third-order valence-electron chi connectivity index (χ3n) is 13.0. The molecule has 0 N–H and O–H groups in total. The topological polar surface area (TPSA) is 19.6 Å². The summed E-state index contributed by atoms with van der Waals surface area (Å²) in [5, 5.41) is 1.11. The van der Waals surface area contributed by atoms with Crippen LogP contribution in [0.1, 0.15) is 84.6 Å². The van der Waals surface area contributed by atoms with Crippen molar-refractivity contribution in [3.63, 3.8) is 0 Å². The highest BCUT2D eigenvalue weighted by Gasteiger charge is 2.44. The molecule has 0 amide bonds. The molecule has 3 nitrogen and oxygen atoms in total. The van der Waals surface area contributed by atoms with Gasteiger partial charge < -0.3 is 14.2 Å². The highest BCUT2D eigenvalue weighted by atomic mass is 16.3. The molecule has 2 aliphatic heterocycles. The first-order chi connectivity index (χ1) is 29.0. The van der Waals surface area contributed by atoms with Gasteiger partial charge in [0.05, 0.1) is 12.0 Å². The minimum atomic E-state index is -0.0324. The first-order valence-corrected chi connectivity index (χ1v) is 21.9. The van der Waals surface area contributed by atoms with Gasteiger partial charge in [-0.1, -0.05) is 141 Å². The molecule has 0 radical (unpaired) electrons. The summed E-state index contributed by atoms with van der Waals surface area (Å²) in [7, 11) is 0. The number of aryl methyl sites for hydroxylation is 1. The van der Waals surface area contributed by atoms with E-state index in [1.165, 1.54) is 95.0 Å². The second-order valence-corrected chi connectivity index (χ2v) is 20.4. The van der Waals surface area contributed by atoms with Crippen LogP contribution >= 0.6 is 0 Å². The Labute approximate surface area is 362 Å². The number of anilines is 6. The summed E-state index contributed by atoms with van der Waals surface area (Å²) in [6, 6.07) is 55.3. The van der Waals surface area contributed by atoms with E-state index in [2.05, 4.69) is 225 Å². The van der Waals surface area contributed by atoms with Gasteiger partial charge in [-0.15, -0.1) is 0 Å². The summed E-state index contributed by atoms with van der Waals surface area (Å²) in [6.45, 7) is 23.0. The van der Waals surface area contributed by atoms with E-state index >= 15 is 0 Å². The van der Waals surface area contributed by atoms with Crippen molar-refractivity contribution in [1.82, 2.24) is 0 Å². The molecule has 0 unspecified atom stereocenters. The summed E-state index contributed by atoms with van der Waals surface area (Å²) < 4.78 is 5.78. The Kier molecular flexibility index (Phi) is 8.86. The van der Waals surface area contributed by atoms with Crippen LogP contribution in [-0.2, 0) is 16.2 Å². The molecule has 8 aromatic rings. The predicted octanol–water partition coefficient (Wildman–Crippen LogP) is 14.1. The minimum Gasteiger partial charge on any atom is -0.464 e. The SMILES string of the molecule is Cc1cc2c3c(c1)N(c1ccc(C(C)(C)C)cc1-c1ccccc1)c1ccc(-c4ccc5occc5c4)cc1B3c1cc(C(C)(C)C)ccc1N2c1ccc(C(C)(C)C)cc1. The Morgan fingerprint density at radius 3 is 1.69 bits per heavy atom. The van der Waals surface area contributed by atoms with Crippen molar-refractivity contribution in [1.29, 1.82) is 0 Å². The fourth-order valence-corrected chi connectivity index (χ4v) is 9.63. The molecular formula is C57H55BN2O. The van der Waals surface area contributed by atoms with Gasteiger partial charge in [0.1, 0.15) is 5.58 Å². The molecule has 0 fully saturated rings. The molecule has 7 aromatic carbocycles. The lowest BCUT2D eigenvalue weighted by molar-refractivity contribution is 0.590. The van der Waals surface area contributed by atoms with Crippen molar-refractivity contribution in [2.45, 2.75) is 85.5 Å². The smallest absolute Gasteiger partial charge is 0.252 e. The van der Waals surface area contributed by atoms with E-state index in [0.717, 1.165) is 11.0 Å². The largest absolute Gasteiger partial charge is 0.464 e. The van der Waals surface area contributed by atoms with Crippen LogP contribution in [0.3, 0.4) is 0 Å². The highest BCUT2D eigenvalue weighted by molar-refractivity contribution is 7.00. The van der Waals surface area contributed by atoms with Gasteiger partial charge in [-0.2, -0.15) is 0 Å². The quantitative estimate of drug-likeness (QED) is 0.165. The number of nitrogens with zero attached hydrogens (tertiary/aromatic N) is 2. The lowest BCUT2D eigenvalue weighted by Crippen LogP contribution is -2.61. The summed E-state index contributed by atoms with van der Waals surface area (Å²) in [5.74, 6) is 0. The van der Waals surface area contributed by atoms with Crippen molar-refractivity contribution in [2.24, 2.45) is 0 Å². The summed E-state index contributed by atoms with van der Waals surface area (Å²) in [5.41, 5.74) is 22.1. The Bertz CT molecular complexity index is 2990. The Morgan fingerprint density at radius 2 is 1.00 bits per heavy atom. The number of hydrogen-bond acceptors (Lipinski definition) is 3. The van der Waals surface area contributed by atoms with Gasteiger partial charge in [0.15, 0.2) is 0 Å². The zero-order chi connectivity index (χ0) is 42.6. The average molecular weight is 795 g/mol. The second kappa shape index (κ2) is 13.9. The number of hydrogen-bond donors (Lipinski definition) is 0. The molecule has 0 saturated carbocycles. The van der Waals surface area contributed by atoms with Gasteiger partial charge in [0.2, 0.25) is 0 Å². The molecule has 302 valence electrons. The molecule has 1 aromatic heterocycles. The zero-order valence-electron chi connectivity index (χ0n) is 37.3. The lowest BCUT2D eigenvalue weighted by Gasteiger charge is -2.45. The fraction of sp³-hybridized carbons (Fsp3) is 0.228. The number of fused-ring (bicyclic) bond motifs is 5. The molecule has 3 heterocycles. The molecule has 0 spiro atoms. The Morgan fingerprint density at radius 1 is 0.443 bits per heavy atom. The number of furan rings is 1. The first kappa shape index (κ1) is 38.9. The molecule has 0 atom stereocenters. The van der Waals surface area contributed by atoms with Crippen LogP contribution in [0.25, 0.3) is 33.2 Å². The maximum atomic E-state index is 5.78. The van der Waals surface area contributed by atoms with Crippen LogP contribution in [0.15, 0.2) is 156 Å². The van der Waals surface area contributed by atoms with Crippen molar-refractivity contribution < 1.29 is 4.42 Å². The van der Waals surface area contributed by atoms with E-state index in [9.17, 15) is 0 Å². The van der Waals surface area contributed by atoms with E-state index in [1.54, 1.807) is 6.26 Å². The molecular weight excluding hydrogens is 739 g/mol.